The summed E-state index contributed by atoms with van der Waals surface area (Å²) in [6.07, 6.45) is 0. The van der Waals surface area contributed by atoms with Gasteiger partial charge in [0.05, 0.1) is 12.1 Å². The number of hydrogen-bond donors (Lipinski definition) is 3. The predicted molar refractivity (Wildman–Crippen MR) is 105 cm³/mol. The number of carbonyl (C=O) groups excluding carboxylic acids is 2. The average Bonchev–Trinajstić information content (AvgIpc) is 2.56. The lowest BCUT2D eigenvalue weighted by atomic mass is 10.00. The molecule has 5 nitrogen and oxygen atoms in total. The molecule has 0 saturated heterocycles. The van der Waals surface area contributed by atoms with Gasteiger partial charge in [-0.05, 0) is 56.5 Å². The quantitative estimate of drug-likeness (QED) is 0.746. The Morgan fingerprint density at radius 3 is 2.31 bits per heavy atom. The van der Waals surface area contributed by atoms with Gasteiger partial charge in [0.25, 0.3) is 0 Å². The Bertz CT molecular complexity index is 802. The summed E-state index contributed by atoms with van der Waals surface area (Å²) in [5, 5.41) is 8.69. The molecule has 0 radical (unpaired) electrons. The first-order valence-corrected chi connectivity index (χ1v) is 8.78. The zero-order valence-corrected chi connectivity index (χ0v) is 16.0. The molecular weight excluding hydrogens is 326 g/mol. The van der Waals surface area contributed by atoms with Gasteiger partial charge < -0.3 is 16.0 Å². The summed E-state index contributed by atoms with van der Waals surface area (Å²) < 4.78 is 0. The van der Waals surface area contributed by atoms with E-state index in [0.717, 1.165) is 16.7 Å². The summed E-state index contributed by atoms with van der Waals surface area (Å²) >= 11 is 0. The molecule has 0 aliphatic carbocycles. The molecule has 0 aliphatic rings. The highest BCUT2D eigenvalue weighted by molar-refractivity contribution is 5.88. The Hall–Kier alpha value is -2.82. The molecule has 2 atom stereocenters. The van der Waals surface area contributed by atoms with Gasteiger partial charge >= 0.3 is 6.03 Å². The lowest BCUT2D eigenvalue weighted by molar-refractivity contribution is -0.114. The zero-order chi connectivity index (χ0) is 19.3. The number of aryl methyl sites for hydroxylation is 2. The largest absolute Gasteiger partial charge is 0.332 e. The smallest absolute Gasteiger partial charge is 0.315 e. The van der Waals surface area contributed by atoms with E-state index < -0.39 is 0 Å². The molecular formula is C21H27N3O2. The Morgan fingerprint density at radius 2 is 1.62 bits per heavy atom. The Labute approximate surface area is 155 Å². The molecule has 0 bridgehead atoms. The summed E-state index contributed by atoms with van der Waals surface area (Å²) in [5.74, 6) is -0.122. The van der Waals surface area contributed by atoms with Crippen molar-refractivity contribution in [2.75, 3.05) is 5.32 Å². The first-order valence-electron chi connectivity index (χ1n) is 8.78. The van der Waals surface area contributed by atoms with Gasteiger partial charge in [0.1, 0.15) is 0 Å². The molecule has 0 saturated carbocycles. The van der Waals surface area contributed by atoms with E-state index in [9.17, 15) is 9.59 Å². The van der Waals surface area contributed by atoms with E-state index in [4.69, 9.17) is 0 Å². The zero-order valence-electron chi connectivity index (χ0n) is 16.0. The molecule has 0 aromatic heterocycles. The van der Waals surface area contributed by atoms with Crippen LogP contribution in [-0.4, -0.2) is 11.9 Å². The lowest BCUT2D eigenvalue weighted by Gasteiger charge is -2.20. The lowest BCUT2D eigenvalue weighted by Crippen LogP contribution is -2.38. The summed E-state index contributed by atoms with van der Waals surface area (Å²) in [6, 6.07) is 13.2. The number of hydrogen-bond acceptors (Lipinski definition) is 2. The van der Waals surface area contributed by atoms with Crippen LogP contribution in [-0.2, 0) is 4.79 Å². The maximum absolute atomic E-state index is 12.4. The average molecular weight is 353 g/mol. The molecule has 138 valence electrons. The normalized spacial score (nSPS) is 12.8. The van der Waals surface area contributed by atoms with Crippen LogP contribution in [0.2, 0.25) is 0 Å². The first kappa shape index (κ1) is 19.5. The molecule has 0 spiro atoms. The third-order valence-electron chi connectivity index (χ3n) is 4.30. The number of benzene rings is 2. The van der Waals surface area contributed by atoms with Gasteiger partial charge in [-0.1, -0.05) is 35.9 Å². The molecule has 2 aromatic carbocycles. The number of carbonyl (C=O) groups is 2. The standard InChI is InChI=1S/C21H27N3O2/c1-13-9-10-14(2)20(11-13)16(4)23-21(26)22-15(3)18-7-6-8-19(12-18)24-17(5)25/h6-12,15-16H,1-5H3,(H,24,25)(H2,22,23,26). The molecule has 2 rings (SSSR count). The van der Waals surface area contributed by atoms with Crippen LogP contribution in [0, 0.1) is 13.8 Å². The number of nitrogens with one attached hydrogen (secondary N) is 3. The molecule has 2 aromatic rings. The first-order chi connectivity index (χ1) is 12.3. The third kappa shape index (κ3) is 5.34. The number of urea groups is 1. The van der Waals surface area contributed by atoms with Crippen LogP contribution >= 0.6 is 0 Å². The van der Waals surface area contributed by atoms with Crippen LogP contribution in [0.5, 0.6) is 0 Å². The van der Waals surface area contributed by atoms with Crippen molar-refractivity contribution in [1.29, 1.82) is 0 Å². The van der Waals surface area contributed by atoms with E-state index in [1.807, 2.05) is 52.0 Å². The predicted octanol–water partition coefficient (Wildman–Crippen LogP) is 4.38. The maximum atomic E-state index is 12.4. The van der Waals surface area contributed by atoms with Gasteiger partial charge in [0, 0.05) is 12.6 Å². The Morgan fingerprint density at radius 1 is 0.923 bits per heavy atom. The van der Waals surface area contributed by atoms with Crippen LogP contribution in [0.3, 0.4) is 0 Å². The van der Waals surface area contributed by atoms with Crippen molar-refractivity contribution in [2.45, 2.75) is 46.7 Å². The SMILES string of the molecule is CC(=O)Nc1cccc(C(C)NC(=O)NC(C)c2cc(C)ccc2C)c1. The molecule has 5 heteroatoms. The van der Waals surface area contributed by atoms with Gasteiger partial charge in [-0.15, -0.1) is 0 Å². The summed E-state index contributed by atoms with van der Waals surface area (Å²) in [6.45, 7) is 9.44. The minimum Gasteiger partial charge on any atom is -0.332 e. The summed E-state index contributed by atoms with van der Waals surface area (Å²) in [7, 11) is 0. The van der Waals surface area contributed by atoms with E-state index in [-0.39, 0.29) is 24.0 Å². The second-order valence-electron chi connectivity index (χ2n) is 6.73. The monoisotopic (exact) mass is 353 g/mol. The van der Waals surface area contributed by atoms with Crippen molar-refractivity contribution in [1.82, 2.24) is 10.6 Å². The molecule has 26 heavy (non-hydrogen) atoms. The van der Waals surface area contributed by atoms with Crippen LogP contribution in [0.1, 0.15) is 55.1 Å². The van der Waals surface area contributed by atoms with Gasteiger partial charge in [-0.2, -0.15) is 0 Å². The van der Waals surface area contributed by atoms with E-state index >= 15 is 0 Å². The van der Waals surface area contributed by atoms with Crippen molar-refractivity contribution < 1.29 is 9.59 Å². The highest BCUT2D eigenvalue weighted by atomic mass is 16.2. The van der Waals surface area contributed by atoms with Gasteiger partial charge in [-0.25, -0.2) is 4.79 Å². The third-order valence-corrected chi connectivity index (χ3v) is 4.30. The maximum Gasteiger partial charge on any atom is 0.315 e. The van der Waals surface area contributed by atoms with E-state index in [2.05, 4.69) is 34.1 Å². The molecule has 0 heterocycles. The van der Waals surface area contributed by atoms with Crippen molar-refractivity contribution in [2.24, 2.45) is 0 Å². The molecule has 3 N–H and O–H groups in total. The van der Waals surface area contributed by atoms with Crippen LogP contribution in [0.4, 0.5) is 10.5 Å². The fraction of sp³-hybridized carbons (Fsp3) is 0.333. The van der Waals surface area contributed by atoms with Crippen molar-refractivity contribution in [3.8, 4) is 0 Å². The summed E-state index contributed by atoms with van der Waals surface area (Å²) in [5.41, 5.74) is 5.07. The van der Waals surface area contributed by atoms with Crippen molar-refractivity contribution >= 4 is 17.6 Å². The second-order valence-corrected chi connectivity index (χ2v) is 6.73. The molecule has 3 amide bonds. The minimum absolute atomic E-state index is 0.0900. The van der Waals surface area contributed by atoms with Crippen LogP contribution < -0.4 is 16.0 Å². The summed E-state index contributed by atoms with van der Waals surface area (Å²) in [4.78, 5) is 23.6. The van der Waals surface area contributed by atoms with Gasteiger partial charge in [0.2, 0.25) is 5.91 Å². The van der Waals surface area contributed by atoms with E-state index in [1.165, 1.54) is 12.5 Å². The van der Waals surface area contributed by atoms with Crippen LogP contribution in [0.15, 0.2) is 42.5 Å². The highest BCUT2D eigenvalue weighted by Gasteiger charge is 2.15. The highest BCUT2D eigenvalue weighted by Crippen LogP contribution is 2.20. The number of amides is 3. The van der Waals surface area contributed by atoms with Gasteiger partial charge in [-0.3, -0.25) is 4.79 Å². The number of anilines is 1. The minimum atomic E-state index is -0.226. The van der Waals surface area contributed by atoms with Gasteiger partial charge in [0.15, 0.2) is 0 Å². The van der Waals surface area contributed by atoms with Crippen molar-refractivity contribution in [3.05, 3.63) is 64.7 Å². The molecule has 0 aliphatic heterocycles. The number of rotatable bonds is 5. The Balaban J connectivity index is 2.00. The van der Waals surface area contributed by atoms with Crippen molar-refractivity contribution in [3.63, 3.8) is 0 Å². The van der Waals surface area contributed by atoms with Crippen LogP contribution in [0.25, 0.3) is 0 Å². The van der Waals surface area contributed by atoms with E-state index in [0.29, 0.717) is 5.69 Å². The second kappa shape index (κ2) is 8.52. The van der Waals surface area contributed by atoms with E-state index in [1.54, 1.807) is 0 Å². The fourth-order valence-corrected chi connectivity index (χ4v) is 2.91. The fourth-order valence-electron chi connectivity index (χ4n) is 2.91. The molecule has 2 unspecified atom stereocenters. The Kier molecular flexibility index (Phi) is 6.39. The topological polar surface area (TPSA) is 70.2 Å². The molecule has 0 fully saturated rings.